The van der Waals surface area contributed by atoms with E-state index in [2.05, 4.69) is 15.9 Å². The number of phenols is 1. The maximum Gasteiger partial charge on any atom is 0.163 e. The molecular weight excluding hydrogens is 294 g/mol. The molecule has 0 aliphatic heterocycles. The Hall–Kier alpha value is -0.740. The number of ether oxygens (including phenoxy) is 1. The van der Waals surface area contributed by atoms with Gasteiger partial charge in [0.25, 0.3) is 0 Å². The smallest absolute Gasteiger partial charge is 0.163 e. The van der Waals surface area contributed by atoms with Gasteiger partial charge in [0.05, 0.1) is 7.11 Å². The van der Waals surface area contributed by atoms with Crippen molar-refractivity contribution in [3.8, 4) is 11.5 Å². The predicted octanol–water partition coefficient (Wildman–Crippen LogP) is 3.59. The van der Waals surface area contributed by atoms with Crippen LogP contribution in [0, 0.1) is 6.92 Å². The molecule has 0 atom stereocenters. The van der Waals surface area contributed by atoms with Crippen LogP contribution in [0.1, 0.15) is 43.2 Å². The van der Waals surface area contributed by atoms with E-state index in [9.17, 15) is 5.11 Å². The molecule has 0 spiro atoms. The predicted molar refractivity (Wildman–Crippen MR) is 76.0 cm³/mol. The highest BCUT2D eigenvalue weighted by atomic mass is 79.9. The summed E-state index contributed by atoms with van der Waals surface area (Å²) < 4.78 is 6.15. The second-order valence-electron chi connectivity index (χ2n) is 5.13. The van der Waals surface area contributed by atoms with Crippen LogP contribution in [0.2, 0.25) is 0 Å². The van der Waals surface area contributed by atoms with Gasteiger partial charge in [0.15, 0.2) is 11.5 Å². The Labute approximate surface area is 116 Å². The highest BCUT2D eigenvalue weighted by molar-refractivity contribution is 9.10. The Morgan fingerprint density at radius 3 is 2.50 bits per heavy atom. The largest absolute Gasteiger partial charge is 0.504 e. The summed E-state index contributed by atoms with van der Waals surface area (Å²) in [5.74, 6) is 0.681. The third-order valence-corrected chi connectivity index (χ3v) is 4.75. The quantitative estimate of drug-likeness (QED) is 0.877. The second kappa shape index (κ2) is 5.10. The van der Waals surface area contributed by atoms with E-state index in [1.54, 1.807) is 13.2 Å². The molecule has 0 saturated heterocycles. The number of rotatable bonds is 2. The van der Waals surface area contributed by atoms with Gasteiger partial charge in [-0.3, -0.25) is 0 Å². The van der Waals surface area contributed by atoms with Crippen LogP contribution in [0.15, 0.2) is 10.5 Å². The average Bonchev–Trinajstić information content (AvgIpc) is 2.34. The fourth-order valence-corrected chi connectivity index (χ4v) is 3.32. The summed E-state index contributed by atoms with van der Waals surface area (Å²) >= 11 is 3.52. The highest BCUT2D eigenvalue weighted by Crippen LogP contribution is 2.46. The third-order valence-electron chi connectivity index (χ3n) is 3.92. The van der Waals surface area contributed by atoms with Crippen LogP contribution in [-0.4, -0.2) is 12.2 Å². The maximum atomic E-state index is 10.4. The van der Waals surface area contributed by atoms with Crippen molar-refractivity contribution in [3.63, 3.8) is 0 Å². The van der Waals surface area contributed by atoms with Crippen molar-refractivity contribution in [2.24, 2.45) is 5.73 Å². The van der Waals surface area contributed by atoms with Crippen molar-refractivity contribution in [1.82, 2.24) is 0 Å². The fourth-order valence-electron chi connectivity index (χ4n) is 2.91. The highest BCUT2D eigenvalue weighted by Gasteiger charge is 2.35. The summed E-state index contributed by atoms with van der Waals surface area (Å²) in [4.78, 5) is 0. The van der Waals surface area contributed by atoms with Crippen LogP contribution in [-0.2, 0) is 5.54 Å². The van der Waals surface area contributed by atoms with E-state index < -0.39 is 5.54 Å². The fraction of sp³-hybridized carbons (Fsp3) is 0.571. The van der Waals surface area contributed by atoms with Gasteiger partial charge in [-0.2, -0.15) is 0 Å². The van der Waals surface area contributed by atoms with Gasteiger partial charge in [-0.25, -0.2) is 0 Å². The Kier molecular flexibility index (Phi) is 3.87. The monoisotopic (exact) mass is 313 g/mol. The maximum absolute atomic E-state index is 10.4. The lowest BCUT2D eigenvalue weighted by atomic mass is 9.75. The normalized spacial score (nSPS) is 18.7. The van der Waals surface area contributed by atoms with E-state index in [1.165, 1.54) is 6.42 Å². The molecule has 1 aromatic carbocycles. The van der Waals surface area contributed by atoms with Crippen molar-refractivity contribution in [1.29, 1.82) is 0 Å². The summed E-state index contributed by atoms with van der Waals surface area (Å²) in [7, 11) is 1.56. The van der Waals surface area contributed by atoms with Crippen molar-refractivity contribution < 1.29 is 9.84 Å². The van der Waals surface area contributed by atoms with Gasteiger partial charge in [0, 0.05) is 15.6 Å². The van der Waals surface area contributed by atoms with Crippen LogP contribution in [0.3, 0.4) is 0 Å². The van der Waals surface area contributed by atoms with Crippen LogP contribution in [0.5, 0.6) is 11.5 Å². The topological polar surface area (TPSA) is 55.5 Å². The summed E-state index contributed by atoms with van der Waals surface area (Å²) in [5, 5.41) is 10.4. The molecule has 1 saturated carbocycles. The third kappa shape index (κ3) is 2.24. The number of aromatic hydroxyl groups is 1. The molecule has 0 heterocycles. The molecule has 2 rings (SSSR count). The number of benzene rings is 1. The number of nitrogens with two attached hydrogens (primary N) is 1. The van der Waals surface area contributed by atoms with E-state index >= 15 is 0 Å². The zero-order chi connectivity index (χ0) is 13.3. The van der Waals surface area contributed by atoms with Gasteiger partial charge in [0.1, 0.15) is 0 Å². The molecule has 0 bridgehead atoms. The lowest BCUT2D eigenvalue weighted by Crippen LogP contribution is -2.39. The van der Waals surface area contributed by atoms with Crippen molar-refractivity contribution >= 4 is 15.9 Å². The molecule has 18 heavy (non-hydrogen) atoms. The summed E-state index contributed by atoms with van der Waals surface area (Å²) in [6.07, 6.45) is 5.29. The molecule has 100 valence electrons. The minimum atomic E-state index is -0.427. The number of halogens is 1. The van der Waals surface area contributed by atoms with Crippen molar-refractivity contribution in [2.75, 3.05) is 7.11 Å². The van der Waals surface area contributed by atoms with Gasteiger partial charge in [-0.1, -0.05) is 35.2 Å². The van der Waals surface area contributed by atoms with Gasteiger partial charge >= 0.3 is 0 Å². The van der Waals surface area contributed by atoms with Crippen molar-refractivity contribution in [3.05, 3.63) is 21.7 Å². The molecule has 1 fully saturated rings. The molecule has 3 N–H and O–H groups in total. The van der Waals surface area contributed by atoms with Crippen molar-refractivity contribution in [2.45, 2.75) is 44.6 Å². The zero-order valence-corrected chi connectivity index (χ0v) is 12.5. The van der Waals surface area contributed by atoms with Crippen LogP contribution in [0.25, 0.3) is 0 Å². The number of hydrogen-bond acceptors (Lipinski definition) is 3. The van der Waals surface area contributed by atoms with Gasteiger partial charge in [-0.05, 0) is 31.4 Å². The Morgan fingerprint density at radius 1 is 1.33 bits per heavy atom. The van der Waals surface area contributed by atoms with E-state index in [-0.39, 0.29) is 5.75 Å². The Balaban J connectivity index is 2.58. The SMILES string of the molecule is COc1cc(Br)c(C)c(C2(N)CCCCC2)c1O. The minimum Gasteiger partial charge on any atom is -0.504 e. The van der Waals surface area contributed by atoms with Crippen LogP contribution < -0.4 is 10.5 Å². The standard InChI is InChI=1S/C14H20BrNO2/c1-9-10(15)8-11(18-2)13(17)12(9)14(16)6-4-3-5-7-14/h8,17H,3-7,16H2,1-2H3. The summed E-state index contributed by atoms with van der Waals surface area (Å²) in [5.41, 5.74) is 7.96. The molecule has 0 unspecified atom stereocenters. The zero-order valence-electron chi connectivity index (χ0n) is 10.9. The first-order chi connectivity index (χ1) is 8.49. The van der Waals surface area contributed by atoms with E-state index in [1.807, 2.05) is 6.92 Å². The first kappa shape index (κ1) is 13.7. The molecule has 1 aliphatic carbocycles. The van der Waals surface area contributed by atoms with Gasteiger partial charge in [-0.15, -0.1) is 0 Å². The molecule has 4 heteroatoms. The molecular formula is C14H20BrNO2. The lowest BCUT2D eigenvalue weighted by Gasteiger charge is -2.36. The van der Waals surface area contributed by atoms with E-state index in [4.69, 9.17) is 10.5 Å². The molecule has 0 radical (unpaired) electrons. The van der Waals surface area contributed by atoms with Gasteiger partial charge < -0.3 is 15.6 Å². The molecule has 3 nitrogen and oxygen atoms in total. The van der Waals surface area contributed by atoms with E-state index in [0.717, 1.165) is 41.3 Å². The van der Waals surface area contributed by atoms with Gasteiger partial charge in [0.2, 0.25) is 0 Å². The Morgan fingerprint density at radius 2 is 1.94 bits per heavy atom. The first-order valence-corrected chi connectivity index (χ1v) is 7.14. The molecule has 0 aromatic heterocycles. The lowest BCUT2D eigenvalue weighted by molar-refractivity contribution is 0.285. The van der Waals surface area contributed by atoms with Crippen LogP contribution >= 0.6 is 15.9 Å². The molecule has 1 aliphatic rings. The molecule has 0 amide bonds. The molecule has 1 aromatic rings. The minimum absolute atomic E-state index is 0.197. The van der Waals surface area contributed by atoms with Crippen LogP contribution in [0.4, 0.5) is 0 Å². The first-order valence-electron chi connectivity index (χ1n) is 6.35. The summed E-state index contributed by atoms with van der Waals surface area (Å²) in [6, 6.07) is 1.79. The number of phenolic OH excluding ortho intramolecular Hbond substituents is 1. The van der Waals surface area contributed by atoms with E-state index in [0.29, 0.717) is 5.75 Å². The average molecular weight is 314 g/mol. The number of methoxy groups -OCH3 is 1. The Bertz CT molecular complexity index is 454. The summed E-state index contributed by atoms with van der Waals surface area (Å²) in [6.45, 7) is 1.99. The second-order valence-corrected chi connectivity index (χ2v) is 5.98. The number of hydrogen-bond donors (Lipinski definition) is 2.